The molecule has 0 radical (unpaired) electrons. The first-order valence-corrected chi connectivity index (χ1v) is 11.4. The Hall–Kier alpha value is -2.58. The highest BCUT2D eigenvalue weighted by Gasteiger charge is 2.08. The van der Waals surface area contributed by atoms with Crippen molar-refractivity contribution in [2.75, 3.05) is 25.1 Å². The molecule has 2 heterocycles. The molecule has 0 aliphatic carbocycles. The number of benzene rings is 2. The van der Waals surface area contributed by atoms with Gasteiger partial charge in [-0.3, -0.25) is 14.7 Å². The molecule has 1 aliphatic rings. The maximum atomic E-state index is 11.3. The van der Waals surface area contributed by atoms with Gasteiger partial charge >= 0.3 is 0 Å². The van der Waals surface area contributed by atoms with Crippen LogP contribution in [-0.2, 0) is 4.79 Å². The molecule has 1 saturated heterocycles. The van der Waals surface area contributed by atoms with Gasteiger partial charge < -0.3 is 10.6 Å². The second-order valence-electron chi connectivity index (χ2n) is 6.16. The number of hydrogen-bond donors (Lipinski definition) is 3. The lowest BCUT2D eigenvalue weighted by Crippen LogP contribution is -2.23. The monoisotopic (exact) mass is 488 g/mol. The van der Waals surface area contributed by atoms with Gasteiger partial charge in [0.1, 0.15) is 5.69 Å². The number of nitrogens with zero attached hydrogens (tertiary/aromatic N) is 1. The summed E-state index contributed by atoms with van der Waals surface area (Å²) in [6.45, 7) is 0.867. The maximum absolute atomic E-state index is 11.3. The predicted molar refractivity (Wildman–Crippen MR) is 127 cm³/mol. The largest absolute Gasteiger partial charge is 0.355 e. The van der Waals surface area contributed by atoms with Crippen molar-refractivity contribution in [3.63, 3.8) is 0 Å². The number of halogens is 1. The average molecular weight is 489 g/mol. The zero-order chi connectivity index (χ0) is 21.6. The Bertz CT molecular complexity index is 894. The Morgan fingerprint density at radius 2 is 1.77 bits per heavy atom. The lowest BCUT2D eigenvalue weighted by molar-refractivity contribution is -0.118. The van der Waals surface area contributed by atoms with Gasteiger partial charge in [0.05, 0.1) is 11.4 Å². The molecule has 158 valence electrons. The van der Waals surface area contributed by atoms with Crippen LogP contribution in [-0.4, -0.2) is 47.1 Å². The zero-order valence-electron chi connectivity index (χ0n) is 16.7. The Morgan fingerprint density at radius 1 is 1.10 bits per heavy atom. The Morgan fingerprint density at radius 3 is 2.37 bits per heavy atom. The minimum absolute atomic E-state index is 0.162. The molecule has 0 unspecified atom stereocenters. The van der Waals surface area contributed by atoms with Crippen LogP contribution >= 0.6 is 27.7 Å². The second kappa shape index (κ2) is 13.6. The number of hydrogen-bond acceptors (Lipinski definition) is 4. The highest BCUT2D eigenvalue weighted by molar-refractivity contribution is 9.10. The number of H-pyrrole nitrogens is 1. The molecule has 3 aromatic rings. The highest BCUT2D eigenvalue weighted by Crippen LogP contribution is 2.16. The number of carbonyl (C=O) groups excluding carboxylic acids is 2. The van der Waals surface area contributed by atoms with E-state index >= 15 is 0 Å². The molecule has 1 aliphatic heterocycles. The molecule has 3 N–H and O–H groups in total. The Kier molecular flexibility index (Phi) is 10.7. The molecule has 0 saturated carbocycles. The van der Waals surface area contributed by atoms with Crippen LogP contribution in [0, 0.1) is 0 Å². The van der Waals surface area contributed by atoms with E-state index in [2.05, 4.69) is 36.8 Å². The average Bonchev–Trinajstić information content (AvgIpc) is 3.16. The lowest BCUT2D eigenvalue weighted by Gasteiger charge is -1.93. The van der Waals surface area contributed by atoms with Crippen molar-refractivity contribution in [1.29, 1.82) is 0 Å². The van der Waals surface area contributed by atoms with E-state index in [0.29, 0.717) is 11.4 Å². The quantitative estimate of drug-likeness (QED) is 0.506. The topological polar surface area (TPSA) is 86.9 Å². The first-order chi connectivity index (χ1) is 14.6. The second-order valence-corrected chi connectivity index (χ2v) is 8.18. The molecule has 1 aromatic heterocycles. The van der Waals surface area contributed by atoms with E-state index in [1.807, 2.05) is 60.7 Å². The molecular weight excluding hydrogens is 464 g/mol. The number of nitrogens with one attached hydrogen (secondary N) is 3. The standard InChI is InChI=1S/C11H11N3O.C6H5Br.C5H9NOS/c1-12-11(15)10-7-9(13-14-10)8-5-3-2-4-6-8;7-6-4-2-1-3-5-6;7-5-4-8-3-1-2-6-5/h2-7H,1H3,(H,12,15)(H,13,14);1-5H;1-4H2,(H,6,7). The number of aromatic nitrogens is 2. The summed E-state index contributed by atoms with van der Waals surface area (Å²) in [6, 6.07) is 21.4. The van der Waals surface area contributed by atoms with Gasteiger partial charge in [-0.05, 0) is 30.4 Å². The maximum Gasteiger partial charge on any atom is 0.269 e. The molecule has 2 amide bonds. The summed E-state index contributed by atoms with van der Waals surface area (Å²) in [5, 5.41) is 12.1. The third-order valence-electron chi connectivity index (χ3n) is 3.87. The van der Waals surface area contributed by atoms with E-state index in [1.54, 1.807) is 24.9 Å². The third kappa shape index (κ3) is 8.84. The summed E-state index contributed by atoms with van der Waals surface area (Å²) in [7, 11) is 1.59. The summed E-state index contributed by atoms with van der Waals surface area (Å²) >= 11 is 5.02. The van der Waals surface area contributed by atoms with Crippen LogP contribution < -0.4 is 10.6 Å². The van der Waals surface area contributed by atoms with Crippen LogP contribution in [0.15, 0.2) is 71.2 Å². The van der Waals surface area contributed by atoms with Crippen molar-refractivity contribution in [3.8, 4) is 11.3 Å². The number of thioether (sulfide) groups is 1. The van der Waals surface area contributed by atoms with Crippen molar-refractivity contribution in [2.24, 2.45) is 0 Å². The smallest absolute Gasteiger partial charge is 0.269 e. The molecule has 30 heavy (non-hydrogen) atoms. The predicted octanol–water partition coefficient (Wildman–Crippen LogP) is 4.12. The Balaban J connectivity index is 0.000000179. The van der Waals surface area contributed by atoms with Gasteiger partial charge in [-0.2, -0.15) is 16.9 Å². The van der Waals surface area contributed by atoms with E-state index in [4.69, 9.17) is 0 Å². The number of carbonyl (C=O) groups is 2. The summed E-state index contributed by atoms with van der Waals surface area (Å²) < 4.78 is 1.13. The normalized spacial score (nSPS) is 12.8. The molecular formula is C22H25BrN4O2S. The van der Waals surface area contributed by atoms with Gasteiger partial charge in [0.25, 0.3) is 5.91 Å². The van der Waals surface area contributed by atoms with Gasteiger partial charge in [-0.25, -0.2) is 0 Å². The van der Waals surface area contributed by atoms with Gasteiger partial charge in [-0.15, -0.1) is 0 Å². The third-order valence-corrected chi connectivity index (χ3v) is 5.45. The minimum Gasteiger partial charge on any atom is -0.355 e. The van der Waals surface area contributed by atoms with Crippen molar-refractivity contribution in [1.82, 2.24) is 20.8 Å². The van der Waals surface area contributed by atoms with E-state index in [-0.39, 0.29) is 11.8 Å². The van der Waals surface area contributed by atoms with Crippen molar-refractivity contribution in [3.05, 3.63) is 76.9 Å². The van der Waals surface area contributed by atoms with Crippen LogP contribution in [0.4, 0.5) is 0 Å². The molecule has 6 nitrogen and oxygen atoms in total. The van der Waals surface area contributed by atoms with Crippen molar-refractivity contribution < 1.29 is 9.59 Å². The summed E-state index contributed by atoms with van der Waals surface area (Å²) in [5.41, 5.74) is 2.23. The first kappa shape index (κ1) is 23.7. The van der Waals surface area contributed by atoms with E-state index in [9.17, 15) is 9.59 Å². The number of amides is 2. The fourth-order valence-corrected chi connectivity index (χ4v) is 3.45. The minimum atomic E-state index is -0.162. The van der Waals surface area contributed by atoms with Crippen LogP contribution in [0.3, 0.4) is 0 Å². The summed E-state index contributed by atoms with van der Waals surface area (Å²) in [4.78, 5) is 21.8. The Labute approximate surface area is 189 Å². The number of aromatic amines is 1. The zero-order valence-corrected chi connectivity index (χ0v) is 19.1. The van der Waals surface area contributed by atoms with Crippen LogP contribution in [0.25, 0.3) is 11.3 Å². The van der Waals surface area contributed by atoms with E-state index in [0.717, 1.165) is 34.4 Å². The van der Waals surface area contributed by atoms with Gasteiger partial charge in [0.15, 0.2) is 0 Å². The van der Waals surface area contributed by atoms with Crippen LogP contribution in [0.5, 0.6) is 0 Å². The fourth-order valence-electron chi connectivity index (χ4n) is 2.36. The fraction of sp³-hybridized carbons (Fsp3) is 0.227. The molecule has 4 rings (SSSR count). The molecule has 0 spiro atoms. The number of rotatable bonds is 2. The highest BCUT2D eigenvalue weighted by atomic mass is 79.9. The molecule has 2 aromatic carbocycles. The van der Waals surface area contributed by atoms with Gasteiger partial charge in [0.2, 0.25) is 5.91 Å². The molecule has 0 bridgehead atoms. The van der Waals surface area contributed by atoms with Crippen LogP contribution in [0.1, 0.15) is 16.9 Å². The van der Waals surface area contributed by atoms with Crippen molar-refractivity contribution >= 4 is 39.5 Å². The van der Waals surface area contributed by atoms with Gasteiger partial charge in [-0.1, -0.05) is 64.5 Å². The molecule has 0 atom stereocenters. The van der Waals surface area contributed by atoms with E-state index in [1.165, 1.54) is 0 Å². The first-order valence-electron chi connectivity index (χ1n) is 9.48. The summed E-state index contributed by atoms with van der Waals surface area (Å²) in [6.07, 6.45) is 1.12. The summed E-state index contributed by atoms with van der Waals surface area (Å²) in [5.74, 6) is 1.80. The van der Waals surface area contributed by atoms with Crippen LogP contribution in [0.2, 0.25) is 0 Å². The lowest BCUT2D eigenvalue weighted by atomic mass is 10.1. The molecule has 1 fully saturated rings. The van der Waals surface area contributed by atoms with Crippen molar-refractivity contribution in [2.45, 2.75) is 6.42 Å². The molecule has 8 heteroatoms. The van der Waals surface area contributed by atoms with E-state index < -0.39 is 0 Å². The van der Waals surface area contributed by atoms with Gasteiger partial charge in [0, 0.05) is 23.6 Å². The SMILES string of the molecule is Brc1ccccc1.CNC(=O)c1cc(-c2ccccc2)n[nH]1.O=C1CSCCCN1.